The molecule has 28 heavy (non-hydrogen) atoms. The maximum absolute atomic E-state index is 12.6. The highest BCUT2D eigenvalue weighted by Gasteiger charge is 2.17. The molecule has 0 saturated carbocycles. The average Bonchev–Trinajstić information content (AvgIpc) is 2.72. The van der Waals surface area contributed by atoms with Crippen molar-refractivity contribution in [2.75, 3.05) is 26.6 Å². The Morgan fingerprint density at radius 3 is 2.07 bits per heavy atom. The molecule has 0 saturated heterocycles. The van der Waals surface area contributed by atoms with E-state index in [-0.39, 0.29) is 23.3 Å². The van der Waals surface area contributed by atoms with Crippen LogP contribution in [-0.2, 0) is 0 Å². The largest absolute Gasteiger partial charge is 0.493 e. The van der Waals surface area contributed by atoms with Gasteiger partial charge in [0.15, 0.2) is 11.5 Å². The van der Waals surface area contributed by atoms with E-state index in [4.69, 9.17) is 14.2 Å². The fraction of sp³-hybridized carbons (Fsp3) is 0.350. The van der Waals surface area contributed by atoms with E-state index in [0.29, 0.717) is 22.9 Å². The lowest BCUT2D eigenvalue weighted by molar-refractivity contribution is 0.0934. The van der Waals surface area contributed by atoms with Crippen LogP contribution in [-0.4, -0.2) is 44.2 Å². The van der Waals surface area contributed by atoms with Crippen molar-refractivity contribution >= 4 is 17.5 Å². The summed E-state index contributed by atoms with van der Waals surface area (Å²) in [5, 5.41) is 5.55. The van der Waals surface area contributed by atoms with Gasteiger partial charge in [-0.1, -0.05) is 13.0 Å². The Balaban J connectivity index is 2.24. The number of carbonyl (C=O) groups is 2. The topological polar surface area (TPSA) is 98.8 Å². The summed E-state index contributed by atoms with van der Waals surface area (Å²) in [4.78, 5) is 29.0. The maximum Gasteiger partial charge on any atom is 0.274 e. The van der Waals surface area contributed by atoms with Gasteiger partial charge in [0.05, 0.1) is 21.3 Å². The minimum absolute atomic E-state index is 0.0195. The number of anilines is 1. The molecule has 1 atom stereocenters. The lowest BCUT2D eigenvalue weighted by atomic mass is 10.2. The van der Waals surface area contributed by atoms with Crippen LogP contribution in [0.4, 0.5) is 5.69 Å². The van der Waals surface area contributed by atoms with Crippen molar-refractivity contribution < 1.29 is 23.8 Å². The zero-order chi connectivity index (χ0) is 20.7. The van der Waals surface area contributed by atoms with Crippen molar-refractivity contribution in [1.29, 1.82) is 0 Å². The third kappa shape index (κ3) is 4.91. The summed E-state index contributed by atoms with van der Waals surface area (Å²) in [6, 6.07) is 7.95. The van der Waals surface area contributed by atoms with Crippen LogP contribution < -0.4 is 24.8 Å². The van der Waals surface area contributed by atoms with Gasteiger partial charge < -0.3 is 24.8 Å². The van der Waals surface area contributed by atoms with Gasteiger partial charge in [0, 0.05) is 23.9 Å². The molecule has 2 amide bonds. The first kappa shape index (κ1) is 21.0. The minimum atomic E-state index is -0.465. The second-order valence-corrected chi connectivity index (χ2v) is 6.06. The van der Waals surface area contributed by atoms with Gasteiger partial charge in [-0.3, -0.25) is 9.59 Å². The molecule has 0 radical (unpaired) electrons. The summed E-state index contributed by atoms with van der Waals surface area (Å²) < 4.78 is 15.8. The van der Waals surface area contributed by atoms with E-state index in [1.54, 1.807) is 24.3 Å². The molecule has 0 spiro atoms. The quantitative estimate of drug-likeness (QED) is 0.723. The van der Waals surface area contributed by atoms with Crippen LogP contribution in [0.1, 0.15) is 41.2 Å². The van der Waals surface area contributed by atoms with Crippen molar-refractivity contribution in [3.63, 3.8) is 0 Å². The smallest absolute Gasteiger partial charge is 0.274 e. The van der Waals surface area contributed by atoms with Gasteiger partial charge in [0.1, 0.15) is 11.4 Å². The van der Waals surface area contributed by atoms with Gasteiger partial charge in [0.2, 0.25) is 5.75 Å². The molecule has 8 heteroatoms. The summed E-state index contributed by atoms with van der Waals surface area (Å²) in [6.07, 6.45) is 0.799. The lowest BCUT2D eigenvalue weighted by Gasteiger charge is -2.14. The Morgan fingerprint density at radius 1 is 1.00 bits per heavy atom. The first-order chi connectivity index (χ1) is 13.4. The lowest BCUT2D eigenvalue weighted by Crippen LogP contribution is -2.32. The number of carbonyl (C=O) groups excluding carboxylic acids is 2. The van der Waals surface area contributed by atoms with Crippen molar-refractivity contribution in [3.8, 4) is 17.2 Å². The number of nitrogens with one attached hydrogen (secondary N) is 2. The molecule has 1 unspecified atom stereocenters. The maximum atomic E-state index is 12.6. The predicted molar refractivity (Wildman–Crippen MR) is 106 cm³/mol. The van der Waals surface area contributed by atoms with Gasteiger partial charge >= 0.3 is 0 Å². The number of benzene rings is 1. The molecule has 0 aliphatic carbocycles. The Hall–Kier alpha value is -3.29. The molecule has 2 aromatic rings. The number of methoxy groups -OCH3 is 3. The van der Waals surface area contributed by atoms with Crippen molar-refractivity contribution in [2.24, 2.45) is 0 Å². The predicted octanol–water partition coefficient (Wildman–Crippen LogP) is 2.89. The number of rotatable bonds is 8. The van der Waals surface area contributed by atoms with E-state index in [0.717, 1.165) is 6.42 Å². The molecule has 1 aromatic heterocycles. The zero-order valence-electron chi connectivity index (χ0n) is 16.7. The third-order valence-electron chi connectivity index (χ3n) is 4.13. The molecule has 2 rings (SSSR count). The summed E-state index contributed by atoms with van der Waals surface area (Å²) in [5.74, 6) is 0.452. The minimum Gasteiger partial charge on any atom is -0.493 e. The molecule has 2 N–H and O–H groups in total. The number of hydrogen-bond acceptors (Lipinski definition) is 6. The molecule has 150 valence electrons. The fourth-order valence-electron chi connectivity index (χ4n) is 2.44. The molecular weight excluding hydrogens is 362 g/mol. The highest BCUT2D eigenvalue weighted by atomic mass is 16.5. The van der Waals surface area contributed by atoms with E-state index in [1.165, 1.54) is 27.4 Å². The van der Waals surface area contributed by atoms with Gasteiger partial charge in [-0.25, -0.2) is 4.98 Å². The SMILES string of the molecule is CCC(C)NC(=O)c1cccc(C(=O)Nc2cc(OC)c(OC)c(OC)c2)n1. The van der Waals surface area contributed by atoms with Gasteiger partial charge in [-0.05, 0) is 25.5 Å². The highest BCUT2D eigenvalue weighted by molar-refractivity contribution is 6.04. The molecule has 1 heterocycles. The average molecular weight is 387 g/mol. The second-order valence-electron chi connectivity index (χ2n) is 6.06. The molecule has 0 bridgehead atoms. The monoisotopic (exact) mass is 387 g/mol. The van der Waals surface area contributed by atoms with Crippen LogP contribution in [0.3, 0.4) is 0 Å². The number of ether oxygens (including phenoxy) is 3. The molecular formula is C20H25N3O5. The molecule has 0 fully saturated rings. The first-order valence-electron chi connectivity index (χ1n) is 8.82. The van der Waals surface area contributed by atoms with Crippen LogP contribution in [0.25, 0.3) is 0 Å². The van der Waals surface area contributed by atoms with Gasteiger partial charge in [-0.2, -0.15) is 0 Å². The standard InChI is InChI=1S/C20H25N3O5/c1-6-12(2)21-19(24)14-8-7-9-15(23-14)20(25)22-13-10-16(26-3)18(28-5)17(11-13)27-4/h7-12H,6H2,1-5H3,(H,21,24)(H,22,25). The summed E-state index contributed by atoms with van der Waals surface area (Å²) in [6.45, 7) is 3.87. The zero-order valence-corrected chi connectivity index (χ0v) is 16.7. The molecule has 0 aliphatic heterocycles. The Kier molecular flexibility index (Phi) is 7.20. The summed E-state index contributed by atoms with van der Waals surface area (Å²) >= 11 is 0. The summed E-state index contributed by atoms with van der Waals surface area (Å²) in [5.41, 5.74) is 0.735. The fourth-order valence-corrected chi connectivity index (χ4v) is 2.44. The van der Waals surface area contributed by atoms with E-state index >= 15 is 0 Å². The first-order valence-corrected chi connectivity index (χ1v) is 8.82. The number of aromatic nitrogens is 1. The van der Waals surface area contributed by atoms with Crippen LogP contribution >= 0.6 is 0 Å². The van der Waals surface area contributed by atoms with E-state index in [2.05, 4.69) is 15.6 Å². The number of pyridine rings is 1. The van der Waals surface area contributed by atoms with Crippen LogP contribution in [0.5, 0.6) is 17.2 Å². The van der Waals surface area contributed by atoms with Crippen LogP contribution in [0.2, 0.25) is 0 Å². The second kappa shape index (κ2) is 9.59. The molecule has 0 aliphatic rings. The highest BCUT2D eigenvalue weighted by Crippen LogP contribution is 2.39. The molecule has 1 aromatic carbocycles. The number of nitrogens with zero attached hydrogens (tertiary/aromatic N) is 1. The van der Waals surface area contributed by atoms with Crippen molar-refractivity contribution in [3.05, 3.63) is 41.7 Å². The Bertz CT molecular complexity index is 828. The van der Waals surface area contributed by atoms with E-state index in [1.807, 2.05) is 13.8 Å². The van der Waals surface area contributed by atoms with Crippen LogP contribution in [0, 0.1) is 0 Å². The Labute approximate surface area is 164 Å². The van der Waals surface area contributed by atoms with Crippen molar-refractivity contribution in [1.82, 2.24) is 10.3 Å². The van der Waals surface area contributed by atoms with Gasteiger partial charge in [0.25, 0.3) is 11.8 Å². The van der Waals surface area contributed by atoms with Crippen molar-refractivity contribution in [2.45, 2.75) is 26.3 Å². The third-order valence-corrected chi connectivity index (χ3v) is 4.13. The van der Waals surface area contributed by atoms with E-state index in [9.17, 15) is 9.59 Å². The number of amides is 2. The van der Waals surface area contributed by atoms with Crippen LogP contribution in [0.15, 0.2) is 30.3 Å². The molecule has 8 nitrogen and oxygen atoms in total. The number of hydrogen-bond donors (Lipinski definition) is 2. The Morgan fingerprint density at radius 2 is 1.57 bits per heavy atom. The normalized spacial score (nSPS) is 11.3. The summed E-state index contributed by atoms with van der Waals surface area (Å²) in [7, 11) is 4.48. The van der Waals surface area contributed by atoms with Gasteiger partial charge in [-0.15, -0.1) is 0 Å². The van der Waals surface area contributed by atoms with E-state index < -0.39 is 5.91 Å².